The minimum Gasteiger partial charge on any atom is -0.304 e. The molecule has 1 atom stereocenters. The summed E-state index contributed by atoms with van der Waals surface area (Å²) in [5.74, 6) is -4.14. The smallest absolute Gasteiger partial charge is 0.304 e. The van der Waals surface area contributed by atoms with Crippen molar-refractivity contribution in [3.8, 4) is 0 Å². The Morgan fingerprint density at radius 3 is 2.50 bits per heavy atom. The molecular formula is C10H11BrClF4NS. The Kier molecular flexibility index (Phi) is 5.89. The SMILES string of the molecule is CCCNC(c1cc(Cl)c(Br)s1)C(F)(F)C(F)F. The van der Waals surface area contributed by atoms with Gasteiger partial charge in [0.2, 0.25) is 0 Å². The molecule has 1 unspecified atom stereocenters. The molecule has 0 amide bonds. The molecule has 0 aromatic carbocycles. The van der Waals surface area contributed by atoms with E-state index in [0.717, 1.165) is 11.3 Å². The lowest BCUT2D eigenvalue weighted by Gasteiger charge is -2.26. The van der Waals surface area contributed by atoms with Crippen molar-refractivity contribution in [2.45, 2.75) is 31.7 Å². The van der Waals surface area contributed by atoms with Gasteiger partial charge in [-0.15, -0.1) is 11.3 Å². The molecule has 0 aliphatic carbocycles. The Hall–Kier alpha value is 0.150. The van der Waals surface area contributed by atoms with Gasteiger partial charge in [0.1, 0.15) is 6.04 Å². The van der Waals surface area contributed by atoms with Crippen LogP contribution in [0.3, 0.4) is 0 Å². The van der Waals surface area contributed by atoms with Crippen LogP contribution in [0.1, 0.15) is 24.3 Å². The summed E-state index contributed by atoms with van der Waals surface area (Å²) in [6.07, 6.45) is -3.16. The van der Waals surface area contributed by atoms with Gasteiger partial charge in [-0.1, -0.05) is 18.5 Å². The number of hydrogen-bond donors (Lipinski definition) is 1. The standard InChI is InChI=1S/C10H11BrClF4NS/c1-2-3-17-7(10(15,16)9(13)14)6-4-5(12)8(11)18-6/h4,7,9,17H,2-3H2,1H3. The highest BCUT2D eigenvalue weighted by molar-refractivity contribution is 9.11. The van der Waals surface area contributed by atoms with Crippen LogP contribution in [0, 0.1) is 0 Å². The highest BCUT2D eigenvalue weighted by Gasteiger charge is 2.49. The number of nitrogens with one attached hydrogen (secondary N) is 1. The molecule has 1 aromatic rings. The van der Waals surface area contributed by atoms with E-state index < -0.39 is 18.4 Å². The fourth-order valence-electron chi connectivity index (χ4n) is 1.35. The molecule has 8 heteroatoms. The van der Waals surface area contributed by atoms with Gasteiger partial charge in [-0.2, -0.15) is 8.78 Å². The van der Waals surface area contributed by atoms with Gasteiger partial charge in [0.05, 0.1) is 8.81 Å². The van der Waals surface area contributed by atoms with Crippen molar-refractivity contribution in [3.05, 3.63) is 19.8 Å². The topological polar surface area (TPSA) is 12.0 Å². The second kappa shape index (κ2) is 6.54. The largest absolute Gasteiger partial charge is 0.327 e. The Morgan fingerprint density at radius 1 is 1.50 bits per heavy atom. The van der Waals surface area contributed by atoms with E-state index in [0.29, 0.717) is 10.2 Å². The first kappa shape index (κ1) is 16.2. The van der Waals surface area contributed by atoms with Gasteiger partial charge in [-0.05, 0) is 35.0 Å². The lowest BCUT2D eigenvalue weighted by atomic mass is 10.1. The molecule has 1 rings (SSSR count). The first-order chi connectivity index (χ1) is 8.30. The molecule has 104 valence electrons. The van der Waals surface area contributed by atoms with E-state index in [4.69, 9.17) is 11.6 Å². The summed E-state index contributed by atoms with van der Waals surface area (Å²) in [6, 6.07) is -0.453. The molecule has 0 aliphatic heterocycles. The van der Waals surface area contributed by atoms with Crippen LogP contribution in [0.4, 0.5) is 17.6 Å². The Labute approximate surface area is 120 Å². The molecule has 18 heavy (non-hydrogen) atoms. The van der Waals surface area contributed by atoms with Gasteiger partial charge < -0.3 is 5.32 Å². The molecule has 1 heterocycles. The van der Waals surface area contributed by atoms with E-state index in [2.05, 4.69) is 21.2 Å². The van der Waals surface area contributed by atoms with Crippen LogP contribution in [-0.4, -0.2) is 18.9 Å². The molecule has 1 N–H and O–H groups in total. The average molecular weight is 369 g/mol. The monoisotopic (exact) mass is 367 g/mol. The third-order valence-electron chi connectivity index (χ3n) is 2.22. The molecule has 1 nitrogen and oxygen atoms in total. The molecule has 0 fully saturated rings. The summed E-state index contributed by atoms with van der Waals surface area (Å²) in [4.78, 5) is 0.0885. The normalized spacial score (nSPS) is 14.2. The van der Waals surface area contributed by atoms with E-state index in [9.17, 15) is 17.6 Å². The number of halogens is 6. The minimum atomic E-state index is -4.14. The Balaban J connectivity index is 3.05. The summed E-state index contributed by atoms with van der Waals surface area (Å²) < 4.78 is 52.4. The van der Waals surface area contributed by atoms with Crippen molar-refractivity contribution in [3.63, 3.8) is 0 Å². The van der Waals surface area contributed by atoms with E-state index in [1.165, 1.54) is 6.07 Å². The molecule has 0 aliphatic rings. The molecule has 0 saturated carbocycles. The first-order valence-corrected chi connectivity index (χ1v) is 7.13. The summed E-state index contributed by atoms with van der Waals surface area (Å²) in [5.41, 5.74) is 0. The lowest BCUT2D eigenvalue weighted by Crippen LogP contribution is -2.42. The van der Waals surface area contributed by atoms with Crippen molar-refractivity contribution < 1.29 is 17.6 Å². The molecule has 0 bridgehead atoms. The van der Waals surface area contributed by atoms with Gasteiger partial charge in [0.25, 0.3) is 0 Å². The molecule has 0 saturated heterocycles. The third-order valence-corrected chi connectivity index (χ3v) is 4.76. The number of alkyl halides is 4. The maximum atomic E-state index is 13.5. The maximum Gasteiger partial charge on any atom is 0.327 e. The number of thiophene rings is 1. The van der Waals surface area contributed by atoms with E-state index in [1.807, 2.05) is 0 Å². The van der Waals surface area contributed by atoms with Crippen molar-refractivity contribution in [2.24, 2.45) is 0 Å². The zero-order valence-corrected chi connectivity index (χ0v) is 12.5. The molecular weight excluding hydrogens is 358 g/mol. The second-order valence-electron chi connectivity index (χ2n) is 3.63. The predicted molar refractivity (Wildman–Crippen MR) is 69.0 cm³/mol. The quantitative estimate of drug-likeness (QED) is 0.688. The minimum absolute atomic E-state index is 0.0885. The van der Waals surface area contributed by atoms with Gasteiger partial charge in [-0.3, -0.25) is 0 Å². The van der Waals surface area contributed by atoms with Crippen LogP contribution in [0.5, 0.6) is 0 Å². The third kappa shape index (κ3) is 3.59. The van der Waals surface area contributed by atoms with Crippen LogP contribution < -0.4 is 5.32 Å². The van der Waals surface area contributed by atoms with Gasteiger partial charge >= 0.3 is 12.3 Å². The van der Waals surface area contributed by atoms with Crippen LogP contribution in [0.2, 0.25) is 5.02 Å². The Morgan fingerprint density at radius 2 is 2.11 bits per heavy atom. The zero-order chi connectivity index (χ0) is 13.9. The maximum absolute atomic E-state index is 13.5. The average Bonchev–Trinajstić information content (AvgIpc) is 2.59. The van der Waals surface area contributed by atoms with E-state index >= 15 is 0 Å². The fraction of sp³-hybridized carbons (Fsp3) is 0.600. The number of hydrogen-bond acceptors (Lipinski definition) is 2. The summed E-state index contributed by atoms with van der Waals surface area (Å²) in [6.45, 7) is 1.99. The first-order valence-electron chi connectivity index (χ1n) is 5.14. The molecule has 0 radical (unpaired) electrons. The van der Waals surface area contributed by atoms with Crippen LogP contribution >= 0.6 is 38.9 Å². The fourth-order valence-corrected chi connectivity index (χ4v) is 3.22. The summed E-state index contributed by atoms with van der Waals surface area (Å²) in [5, 5.41) is 2.69. The second-order valence-corrected chi connectivity index (χ2v) is 6.44. The van der Waals surface area contributed by atoms with Crippen molar-refractivity contribution in [1.29, 1.82) is 0 Å². The summed E-state index contributed by atoms with van der Waals surface area (Å²) in [7, 11) is 0. The Bertz CT molecular complexity index is 380. The highest BCUT2D eigenvalue weighted by Crippen LogP contribution is 2.43. The van der Waals surface area contributed by atoms with Gasteiger partial charge in [0, 0.05) is 4.88 Å². The highest BCUT2D eigenvalue weighted by atomic mass is 79.9. The zero-order valence-electron chi connectivity index (χ0n) is 9.32. The number of rotatable bonds is 6. The van der Waals surface area contributed by atoms with Crippen LogP contribution in [0.25, 0.3) is 0 Å². The van der Waals surface area contributed by atoms with Crippen molar-refractivity contribution in [1.82, 2.24) is 5.32 Å². The van der Waals surface area contributed by atoms with Gasteiger partial charge in [0.15, 0.2) is 0 Å². The van der Waals surface area contributed by atoms with Gasteiger partial charge in [-0.25, -0.2) is 8.78 Å². The van der Waals surface area contributed by atoms with E-state index in [1.54, 1.807) is 6.92 Å². The summed E-state index contributed by atoms with van der Waals surface area (Å²) >= 11 is 9.75. The van der Waals surface area contributed by atoms with Crippen molar-refractivity contribution >= 4 is 38.9 Å². The lowest BCUT2D eigenvalue weighted by molar-refractivity contribution is -0.150. The van der Waals surface area contributed by atoms with E-state index in [-0.39, 0.29) is 16.4 Å². The molecule has 0 spiro atoms. The van der Waals surface area contributed by atoms with Crippen molar-refractivity contribution in [2.75, 3.05) is 6.54 Å². The van der Waals surface area contributed by atoms with Crippen LogP contribution in [-0.2, 0) is 0 Å². The predicted octanol–water partition coefficient (Wildman–Crippen LogP) is 5.11. The molecule has 1 aromatic heterocycles. The van der Waals surface area contributed by atoms with Crippen LogP contribution in [0.15, 0.2) is 9.85 Å².